The van der Waals surface area contributed by atoms with Crippen molar-refractivity contribution in [2.45, 2.75) is 31.3 Å². The van der Waals surface area contributed by atoms with E-state index >= 15 is 0 Å². The average Bonchev–Trinajstić information content (AvgIpc) is 3.74. The lowest BCUT2D eigenvalue weighted by molar-refractivity contribution is -0.141. The number of morpholine rings is 1. The highest BCUT2D eigenvalue weighted by molar-refractivity contribution is 6.00. The monoisotopic (exact) mass is 593 g/mol. The van der Waals surface area contributed by atoms with Crippen LogP contribution in [0.3, 0.4) is 0 Å². The van der Waals surface area contributed by atoms with Crippen LogP contribution in [0.1, 0.15) is 6.42 Å². The molecule has 0 spiro atoms. The summed E-state index contributed by atoms with van der Waals surface area (Å²) < 4.78 is 46.5. The van der Waals surface area contributed by atoms with E-state index in [0.717, 1.165) is 43.0 Å². The maximum atomic E-state index is 13.3. The van der Waals surface area contributed by atoms with Gasteiger partial charge in [0.05, 0.1) is 30.3 Å². The van der Waals surface area contributed by atoms with Gasteiger partial charge in [0, 0.05) is 55.3 Å². The molecule has 0 aliphatic carbocycles. The Balaban J connectivity index is 1.09. The number of hydrogen-bond donors (Lipinski definition) is 3. The maximum Gasteiger partial charge on any atom is 0.408 e. The predicted molar refractivity (Wildman–Crippen MR) is 156 cm³/mol. The lowest BCUT2D eigenvalue weighted by Crippen LogP contribution is -2.43. The highest BCUT2D eigenvalue weighted by Gasteiger charge is 2.41. The number of hydrogen-bond acceptors (Lipinski definition) is 8. The van der Waals surface area contributed by atoms with Crippen LogP contribution in [0, 0.1) is 0 Å². The summed E-state index contributed by atoms with van der Waals surface area (Å²) in [6, 6.07) is 14.3. The number of benzene rings is 2. The number of piperazine rings is 1. The molecule has 7 rings (SSSR count). The molecule has 3 aliphatic rings. The lowest BCUT2D eigenvalue weighted by atomic mass is 10.2. The van der Waals surface area contributed by atoms with Crippen LogP contribution in [0.2, 0.25) is 0 Å². The number of fused-ring (bicyclic) bond motifs is 3. The van der Waals surface area contributed by atoms with Gasteiger partial charge >= 0.3 is 12.2 Å². The van der Waals surface area contributed by atoms with E-state index in [4.69, 9.17) is 9.72 Å². The van der Waals surface area contributed by atoms with Crippen LogP contribution in [0.15, 0.2) is 54.7 Å². The van der Waals surface area contributed by atoms with E-state index in [0.29, 0.717) is 41.3 Å². The summed E-state index contributed by atoms with van der Waals surface area (Å²) in [5.41, 5.74) is 3.03. The first-order valence-corrected chi connectivity index (χ1v) is 14.2. The van der Waals surface area contributed by atoms with Crippen molar-refractivity contribution in [2.75, 3.05) is 59.8 Å². The number of amides is 2. The molecule has 3 N–H and O–H groups in total. The zero-order chi connectivity index (χ0) is 29.6. The highest BCUT2D eigenvalue weighted by Crippen LogP contribution is 2.36. The molecular formula is C29H30F3N9O2. The molecule has 0 radical (unpaired) electrons. The molecule has 2 atom stereocenters. The van der Waals surface area contributed by atoms with Crippen molar-refractivity contribution in [1.82, 2.24) is 25.1 Å². The molecule has 0 saturated carbocycles. The van der Waals surface area contributed by atoms with Crippen LogP contribution in [0.5, 0.6) is 0 Å². The van der Waals surface area contributed by atoms with Crippen molar-refractivity contribution in [3.8, 4) is 11.4 Å². The minimum absolute atomic E-state index is 0.0744. The van der Waals surface area contributed by atoms with Gasteiger partial charge in [-0.05, 0) is 55.0 Å². The number of urea groups is 1. The second kappa shape index (κ2) is 11.0. The number of aromatic nitrogens is 4. The number of ether oxygens (including phenoxy) is 1. The minimum Gasteiger partial charge on any atom is -0.374 e. The van der Waals surface area contributed by atoms with Gasteiger partial charge < -0.3 is 30.5 Å². The number of carbonyl (C=O) groups is 1. The molecule has 2 unspecified atom stereocenters. The molecule has 2 aromatic heterocycles. The molecule has 3 saturated heterocycles. The van der Waals surface area contributed by atoms with E-state index in [9.17, 15) is 18.0 Å². The van der Waals surface area contributed by atoms with Gasteiger partial charge in [-0.3, -0.25) is 0 Å². The maximum absolute atomic E-state index is 13.3. The van der Waals surface area contributed by atoms with Gasteiger partial charge in [0.1, 0.15) is 12.4 Å². The van der Waals surface area contributed by atoms with Gasteiger partial charge in [0.25, 0.3) is 0 Å². The Morgan fingerprint density at radius 3 is 2.33 bits per heavy atom. The third-order valence-electron chi connectivity index (χ3n) is 7.99. The van der Waals surface area contributed by atoms with Crippen molar-refractivity contribution >= 4 is 39.9 Å². The topological polar surface area (TPSA) is 112 Å². The Labute approximate surface area is 245 Å². The fourth-order valence-corrected chi connectivity index (χ4v) is 5.91. The second-order valence-corrected chi connectivity index (χ2v) is 11.0. The number of nitrogens with one attached hydrogen (secondary N) is 3. The van der Waals surface area contributed by atoms with Crippen molar-refractivity contribution in [2.24, 2.45) is 0 Å². The van der Waals surface area contributed by atoms with E-state index in [1.54, 1.807) is 24.3 Å². The minimum atomic E-state index is -4.45. The Bertz CT molecular complexity index is 1620. The highest BCUT2D eigenvalue weighted by atomic mass is 19.4. The van der Waals surface area contributed by atoms with Crippen molar-refractivity contribution < 1.29 is 22.7 Å². The third-order valence-corrected chi connectivity index (χ3v) is 7.99. The van der Waals surface area contributed by atoms with E-state index in [1.165, 1.54) is 6.20 Å². The van der Waals surface area contributed by atoms with Gasteiger partial charge in [-0.2, -0.15) is 18.3 Å². The molecule has 2 aromatic carbocycles. The first-order chi connectivity index (χ1) is 20.8. The standard InChI is InChI=1S/C29H30F3N9O2/c30-29(31,32)17-41-27-24(14-34-41)26(40-15-23-13-22(40)16-43-23)37-25(38-27)18-1-3-19(4-2-18)35-28(42)36-20-5-7-21(8-6-20)39-11-9-33-10-12-39/h1-8,14,22-23,33H,9-13,15-17H2,(H2,35,36,42). The van der Waals surface area contributed by atoms with E-state index in [-0.39, 0.29) is 23.6 Å². The normalized spacial score (nSPS) is 20.2. The van der Waals surface area contributed by atoms with E-state index in [2.05, 4.69) is 35.8 Å². The molecule has 3 fully saturated rings. The van der Waals surface area contributed by atoms with Crippen LogP contribution in [-0.4, -0.2) is 83.4 Å². The van der Waals surface area contributed by atoms with Gasteiger partial charge in [-0.15, -0.1) is 0 Å². The predicted octanol–water partition coefficient (Wildman–Crippen LogP) is 4.09. The summed E-state index contributed by atoms with van der Waals surface area (Å²) in [5, 5.41) is 13.4. The summed E-state index contributed by atoms with van der Waals surface area (Å²) in [6.45, 7) is 3.67. The molecule has 2 amide bonds. The SMILES string of the molecule is O=C(Nc1ccc(-c2nc(N3CC4CC3CO4)c3cnn(CC(F)(F)F)c3n2)cc1)Nc1ccc(N2CCNCC2)cc1. The summed E-state index contributed by atoms with van der Waals surface area (Å²) >= 11 is 0. The summed E-state index contributed by atoms with van der Waals surface area (Å²) in [4.78, 5) is 26.3. The number of anilines is 4. The molecule has 14 heteroatoms. The van der Waals surface area contributed by atoms with E-state index in [1.807, 2.05) is 24.3 Å². The molecule has 5 heterocycles. The van der Waals surface area contributed by atoms with Crippen LogP contribution in [0.25, 0.3) is 22.4 Å². The Hall–Kier alpha value is -4.43. The molecule has 224 valence electrons. The van der Waals surface area contributed by atoms with Crippen molar-refractivity contribution in [3.05, 3.63) is 54.7 Å². The van der Waals surface area contributed by atoms with Crippen LogP contribution in [0.4, 0.5) is 40.8 Å². The van der Waals surface area contributed by atoms with Gasteiger partial charge in [0.15, 0.2) is 11.5 Å². The van der Waals surface area contributed by atoms with Crippen LogP contribution < -0.4 is 25.8 Å². The number of halogens is 3. The Kier molecular flexibility index (Phi) is 7.01. The smallest absolute Gasteiger partial charge is 0.374 e. The summed E-state index contributed by atoms with van der Waals surface area (Å²) in [5.74, 6) is 0.824. The zero-order valence-electron chi connectivity index (χ0n) is 23.1. The van der Waals surface area contributed by atoms with E-state index < -0.39 is 18.8 Å². The van der Waals surface area contributed by atoms with Gasteiger partial charge in [0.2, 0.25) is 0 Å². The number of nitrogens with zero attached hydrogens (tertiary/aromatic N) is 6. The van der Waals surface area contributed by atoms with Crippen LogP contribution in [-0.2, 0) is 11.3 Å². The first kappa shape index (κ1) is 27.4. The molecule has 11 nitrogen and oxygen atoms in total. The van der Waals surface area contributed by atoms with Crippen LogP contribution >= 0.6 is 0 Å². The average molecular weight is 594 g/mol. The number of rotatable bonds is 6. The van der Waals surface area contributed by atoms with Crippen molar-refractivity contribution in [3.63, 3.8) is 0 Å². The molecule has 43 heavy (non-hydrogen) atoms. The summed E-state index contributed by atoms with van der Waals surface area (Å²) in [6.07, 6.45) is -2.13. The van der Waals surface area contributed by atoms with Gasteiger partial charge in [-0.1, -0.05) is 0 Å². The molecule has 3 aliphatic heterocycles. The largest absolute Gasteiger partial charge is 0.408 e. The quantitative estimate of drug-likeness (QED) is 0.307. The zero-order valence-corrected chi connectivity index (χ0v) is 23.1. The second-order valence-electron chi connectivity index (χ2n) is 11.0. The third kappa shape index (κ3) is 5.79. The number of carbonyl (C=O) groups excluding carboxylic acids is 1. The number of alkyl halides is 3. The fraction of sp³-hybridized carbons (Fsp3) is 0.379. The van der Waals surface area contributed by atoms with Crippen molar-refractivity contribution in [1.29, 1.82) is 0 Å². The first-order valence-electron chi connectivity index (χ1n) is 14.2. The molecular weight excluding hydrogens is 563 g/mol. The lowest BCUT2D eigenvalue weighted by Gasteiger charge is -2.29. The fourth-order valence-electron chi connectivity index (χ4n) is 5.91. The Morgan fingerprint density at radius 2 is 1.70 bits per heavy atom. The van der Waals surface area contributed by atoms with Gasteiger partial charge in [-0.25, -0.2) is 19.4 Å². The molecule has 4 aromatic rings. The summed E-state index contributed by atoms with van der Waals surface area (Å²) in [7, 11) is 0. The Morgan fingerprint density at radius 1 is 1.00 bits per heavy atom. The molecule has 2 bridgehead atoms.